The first kappa shape index (κ1) is 14.0. The van der Waals surface area contributed by atoms with Crippen LogP contribution in [0.5, 0.6) is 0 Å². The van der Waals surface area contributed by atoms with Crippen molar-refractivity contribution >= 4 is 5.78 Å². The number of carbonyl (C=O) groups excluding carboxylic acids is 1. The van der Waals surface area contributed by atoms with E-state index in [4.69, 9.17) is 0 Å². The first-order valence-electron chi connectivity index (χ1n) is 7.91. The van der Waals surface area contributed by atoms with E-state index in [0.717, 1.165) is 37.8 Å². The van der Waals surface area contributed by atoms with Crippen LogP contribution < -0.4 is 0 Å². The molecule has 0 aliphatic heterocycles. The Morgan fingerprint density at radius 2 is 1.78 bits per heavy atom. The summed E-state index contributed by atoms with van der Waals surface area (Å²) < 4.78 is 0. The van der Waals surface area contributed by atoms with E-state index in [-0.39, 0.29) is 0 Å². The van der Waals surface area contributed by atoms with Crippen LogP contribution in [0.1, 0.15) is 64.7 Å². The molecular weight excluding hydrogens is 222 g/mol. The van der Waals surface area contributed by atoms with Gasteiger partial charge in [-0.3, -0.25) is 4.79 Å². The fourth-order valence-electron chi connectivity index (χ4n) is 3.86. The van der Waals surface area contributed by atoms with Gasteiger partial charge in [0.15, 0.2) is 0 Å². The second-order valence-electron chi connectivity index (χ2n) is 6.53. The summed E-state index contributed by atoms with van der Waals surface area (Å²) in [5, 5.41) is 0. The maximum Gasteiger partial charge on any atom is 0.137 e. The van der Waals surface area contributed by atoms with Crippen molar-refractivity contribution in [1.29, 1.82) is 0 Å². The van der Waals surface area contributed by atoms with Gasteiger partial charge >= 0.3 is 0 Å². The van der Waals surface area contributed by atoms with Crippen molar-refractivity contribution in [3.63, 3.8) is 0 Å². The number of ketones is 1. The summed E-state index contributed by atoms with van der Waals surface area (Å²) in [5.74, 6) is 1.67. The lowest BCUT2D eigenvalue weighted by Gasteiger charge is -2.37. The molecule has 0 saturated heterocycles. The van der Waals surface area contributed by atoms with Gasteiger partial charge in [-0.2, -0.15) is 0 Å². The summed E-state index contributed by atoms with van der Waals surface area (Å²) in [5.41, 5.74) is 0. The topological polar surface area (TPSA) is 20.3 Å². The molecule has 2 nitrogen and oxygen atoms in total. The number of rotatable bonds is 3. The zero-order valence-corrected chi connectivity index (χ0v) is 12.2. The van der Waals surface area contributed by atoms with Gasteiger partial charge in [0.1, 0.15) is 5.78 Å². The van der Waals surface area contributed by atoms with Crippen molar-refractivity contribution in [2.45, 2.75) is 70.8 Å². The molecule has 0 heterocycles. The minimum Gasteiger partial charge on any atom is -0.302 e. The van der Waals surface area contributed by atoms with Gasteiger partial charge in [-0.25, -0.2) is 0 Å². The Morgan fingerprint density at radius 1 is 1.06 bits per heavy atom. The van der Waals surface area contributed by atoms with E-state index in [1.54, 1.807) is 0 Å². The minimum atomic E-state index is 0.326. The molecule has 0 spiro atoms. The smallest absolute Gasteiger partial charge is 0.137 e. The van der Waals surface area contributed by atoms with Gasteiger partial charge < -0.3 is 4.90 Å². The van der Waals surface area contributed by atoms with Crippen LogP contribution in [0, 0.1) is 11.8 Å². The van der Waals surface area contributed by atoms with E-state index < -0.39 is 0 Å². The zero-order valence-electron chi connectivity index (χ0n) is 12.2. The molecule has 0 radical (unpaired) electrons. The summed E-state index contributed by atoms with van der Waals surface area (Å²) in [4.78, 5) is 14.6. The normalized spacial score (nSPS) is 34.6. The van der Waals surface area contributed by atoms with Crippen molar-refractivity contribution in [3.05, 3.63) is 0 Å². The van der Waals surface area contributed by atoms with Crippen molar-refractivity contribution < 1.29 is 4.79 Å². The van der Waals surface area contributed by atoms with Crippen LogP contribution in [0.25, 0.3) is 0 Å². The lowest BCUT2D eigenvalue weighted by atomic mass is 9.84. The number of Topliss-reactive ketones (excluding diaryl/α,β-unsaturated/α-hetero) is 1. The second kappa shape index (κ2) is 6.70. The van der Waals surface area contributed by atoms with Crippen LogP contribution >= 0.6 is 0 Å². The molecule has 0 aromatic carbocycles. The third-order valence-corrected chi connectivity index (χ3v) is 5.07. The molecule has 18 heavy (non-hydrogen) atoms. The minimum absolute atomic E-state index is 0.326. The third kappa shape index (κ3) is 3.57. The van der Waals surface area contributed by atoms with E-state index >= 15 is 0 Å². The molecule has 2 fully saturated rings. The van der Waals surface area contributed by atoms with Gasteiger partial charge in [0.25, 0.3) is 0 Å². The third-order valence-electron chi connectivity index (χ3n) is 5.07. The summed E-state index contributed by atoms with van der Waals surface area (Å²) in [6, 6.07) is 0.717. The molecular formula is C16H29NO. The molecule has 2 heteroatoms. The largest absolute Gasteiger partial charge is 0.302 e. The van der Waals surface area contributed by atoms with Crippen LogP contribution in [0.2, 0.25) is 0 Å². The Hall–Kier alpha value is -0.370. The Balaban J connectivity index is 1.88. The summed E-state index contributed by atoms with van der Waals surface area (Å²) in [7, 11) is 2.24. The average Bonchev–Trinajstić information content (AvgIpc) is 2.55. The highest BCUT2D eigenvalue weighted by Crippen LogP contribution is 2.29. The van der Waals surface area contributed by atoms with E-state index in [9.17, 15) is 4.79 Å². The molecule has 0 bridgehead atoms. The maximum absolute atomic E-state index is 12.1. The van der Waals surface area contributed by atoms with Crippen LogP contribution in [-0.2, 0) is 4.79 Å². The van der Waals surface area contributed by atoms with Gasteiger partial charge in [-0.15, -0.1) is 0 Å². The molecule has 0 N–H and O–H groups in total. The molecule has 104 valence electrons. The Labute approximate surface area is 112 Å². The van der Waals surface area contributed by atoms with Gasteiger partial charge in [-0.1, -0.05) is 32.6 Å². The van der Waals surface area contributed by atoms with Crippen LogP contribution in [-0.4, -0.2) is 30.3 Å². The SMILES string of the molecule is CC1CCCCC1N(C)CC1CCCCCC1=O. The summed E-state index contributed by atoms with van der Waals surface area (Å²) >= 11 is 0. The first-order valence-corrected chi connectivity index (χ1v) is 7.91. The number of nitrogens with zero attached hydrogens (tertiary/aromatic N) is 1. The van der Waals surface area contributed by atoms with E-state index in [0.29, 0.717) is 11.7 Å². The summed E-state index contributed by atoms with van der Waals surface area (Å²) in [6.45, 7) is 3.39. The predicted molar refractivity (Wildman–Crippen MR) is 75.6 cm³/mol. The van der Waals surface area contributed by atoms with Gasteiger partial charge in [-0.05, 0) is 38.6 Å². The van der Waals surface area contributed by atoms with Crippen molar-refractivity contribution in [2.24, 2.45) is 11.8 Å². The second-order valence-corrected chi connectivity index (χ2v) is 6.53. The Kier molecular flexibility index (Phi) is 5.23. The highest BCUT2D eigenvalue weighted by atomic mass is 16.1. The molecule has 0 aromatic heterocycles. The number of hydrogen-bond donors (Lipinski definition) is 0. The monoisotopic (exact) mass is 251 g/mol. The average molecular weight is 251 g/mol. The molecule has 2 aliphatic carbocycles. The molecule has 0 amide bonds. The molecule has 3 unspecified atom stereocenters. The lowest BCUT2D eigenvalue weighted by molar-refractivity contribution is -0.123. The fraction of sp³-hybridized carbons (Fsp3) is 0.938. The van der Waals surface area contributed by atoms with E-state index in [2.05, 4.69) is 18.9 Å². The van der Waals surface area contributed by atoms with E-state index in [1.807, 2.05) is 0 Å². The van der Waals surface area contributed by atoms with Crippen LogP contribution in [0.4, 0.5) is 0 Å². The Morgan fingerprint density at radius 3 is 2.56 bits per heavy atom. The predicted octanol–water partition coefficient (Wildman–Crippen LogP) is 3.65. The molecule has 3 atom stereocenters. The number of hydrogen-bond acceptors (Lipinski definition) is 2. The fourth-order valence-corrected chi connectivity index (χ4v) is 3.86. The highest BCUT2D eigenvalue weighted by Gasteiger charge is 2.28. The molecule has 0 aromatic rings. The van der Waals surface area contributed by atoms with Gasteiger partial charge in [0.2, 0.25) is 0 Å². The van der Waals surface area contributed by atoms with Crippen LogP contribution in [0.3, 0.4) is 0 Å². The molecule has 2 saturated carbocycles. The lowest BCUT2D eigenvalue weighted by Crippen LogP contribution is -2.42. The summed E-state index contributed by atoms with van der Waals surface area (Å²) in [6.07, 6.45) is 11.1. The molecule has 2 rings (SSSR count). The standard InChI is InChI=1S/C16H29NO/c1-13-8-6-7-10-15(13)17(2)12-14-9-4-3-5-11-16(14)18/h13-15H,3-12H2,1-2H3. The zero-order chi connectivity index (χ0) is 13.0. The van der Waals surface area contributed by atoms with Gasteiger partial charge in [0, 0.05) is 24.9 Å². The highest BCUT2D eigenvalue weighted by molar-refractivity contribution is 5.81. The Bertz CT molecular complexity index is 276. The quantitative estimate of drug-likeness (QED) is 0.714. The molecule has 2 aliphatic rings. The van der Waals surface area contributed by atoms with Gasteiger partial charge in [0.05, 0.1) is 0 Å². The number of carbonyl (C=O) groups is 1. The van der Waals surface area contributed by atoms with E-state index in [1.165, 1.54) is 38.5 Å². The van der Waals surface area contributed by atoms with Crippen molar-refractivity contribution in [2.75, 3.05) is 13.6 Å². The maximum atomic E-state index is 12.1. The van der Waals surface area contributed by atoms with Crippen LogP contribution in [0.15, 0.2) is 0 Å². The first-order chi connectivity index (χ1) is 8.68. The van der Waals surface area contributed by atoms with Crippen molar-refractivity contribution in [3.8, 4) is 0 Å². The van der Waals surface area contributed by atoms with Crippen molar-refractivity contribution in [1.82, 2.24) is 4.90 Å².